The van der Waals surface area contributed by atoms with Crippen LogP contribution in [0.4, 0.5) is 0 Å². The van der Waals surface area contributed by atoms with E-state index in [9.17, 15) is 0 Å². The van der Waals surface area contributed by atoms with Crippen LogP contribution in [0, 0.1) is 0 Å². The molecule has 1 aromatic rings. The molecule has 1 aliphatic heterocycles. The Hall–Kier alpha value is -0.0900. The van der Waals surface area contributed by atoms with Crippen LogP contribution in [0.1, 0.15) is 12.0 Å². The minimum Gasteiger partial charge on any atom is -0.315 e. The van der Waals surface area contributed by atoms with E-state index < -0.39 is 0 Å². The minimum atomic E-state index is 0.853. The molecule has 0 aromatic heterocycles. The zero-order valence-electron chi connectivity index (χ0n) is 9.18. The summed E-state index contributed by atoms with van der Waals surface area (Å²) in [6.45, 7) is 5.41. The number of rotatable bonds is 2. The maximum atomic E-state index is 6.22. The van der Waals surface area contributed by atoms with E-state index in [1.807, 2.05) is 6.07 Å². The number of nitrogens with zero attached hydrogens (tertiary/aromatic N) is 1. The molecule has 4 heteroatoms. The van der Waals surface area contributed by atoms with Crippen molar-refractivity contribution < 1.29 is 0 Å². The lowest BCUT2D eigenvalue weighted by atomic mass is 10.2. The van der Waals surface area contributed by atoms with Gasteiger partial charge in [0, 0.05) is 29.1 Å². The highest BCUT2D eigenvalue weighted by Gasteiger charge is 2.10. The van der Waals surface area contributed by atoms with E-state index >= 15 is 0 Å². The second-order valence-electron chi connectivity index (χ2n) is 4.12. The third kappa shape index (κ3) is 3.45. The van der Waals surface area contributed by atoms with Gasteiger partial charge < -0.3 is 5.32 Å². The average Bonchev–Trinajstić information content (AvgIpc) is 2.51. The molecule has 0 aliphatic carbocycles. The second kappa shape index (κ2) is 6.01. The van der Waals surface area contributed by atoms with E-state index in [0.717, 1.165) is 42.2 Å². The molecule has 1 saturated heterocycles. The molecule has 1 aliphatic rings. The van der Waals surface area contributed by atoms with Gasteiger partial charge in [-0.15, -0.1) is 0 Å². The lowest BCUT2D eigenvalue weighted by Gasteiger charge is -2.20. The van der Waals surface area contributed by atoms with Crippen LogP contribution in [0.3, 0.4) is 0 Å². The Morgan fingerprint density at radius 1 is 1.31 bits per heavy atom. The van der Waals surface area contributed by atoms with Gasteiger partial charge in [-0.25, -0.2) is 0 Å². The van der Waals surface area contributed by atoms with Crippen molar-refractivity contribution in [3.05, 3.63) is 33.3 Å². The van der Waals surface area contributed by atoms with Crippen LogP contribution in [0.15, 0.2) is 22.7 Å². The third-order valence-corrected chi connectivity index (χ3v) is 3.69. The van der Waals surface area contributed by atoms with E-state index in [1.54, 1.807) is 0 Å². The van der Waals surface area contributed by atoms with Gasteiger partial charge >= 0.3 is 0 Å². The highest BCUT2D eigenvalue weighted by atomic mass is 79.9. The Labute approximate surface area is 110 Å². The van der Waals surface area contributed by atoms with Gasteiger partial charge in [0.05, 0.1) is 0 Å². The molecule has 0 amide bonds. The van der Waals surface area contributed by atoms with Crippen LogP contribution in [-0.2, 0) is 6.54 Å². The fraction of sp³-hybridized carbons (Fsp3) is 0.500. The average molecular weight is 304 g/mol. The predicted octanol–water partition coefficient (Wildman–Crippen LogP) is 2.90. The fourth-order valence-electron chi connectivity index (χ4n) is 1.95. The van der Waals surface area contributed by atoms with Crippen molar-refractivity contribution in [2.75, 3.05) is 26.2 Å². The smallest absolute Gasteiger partial charge is 0.0462 e. The van der Waals surface area contributed by atoms with Crippen LogP contribution in [-0.4, -0.2) is 31.1 Å². The highest BCUT2D eigenvalue weighted by Crippen LogP contribution is 2.22. The molecule has 88 valence electrons. The molecule has 1 aromatic carbocycles. The molecule has 0 saturated carbocycles. The largest absolute Gasteiger partial charge is 0.315 e. The summed E-state index contributed by atoms with van der Waals surface area (Å²) >= 11 is 9.64. The van der Waals surface area contributed by atoms with Crippen LogP contribution in [0.25, 0.3) is 0 Å². The van der Waals surface area contributed by atoms with Crippen molar-refractivity contribution in [2.45, 2.75) is 13.0 Å². The van der Waals surface area contributed by atoms with Crippen LogP contribution in [0.5, 0.6) is 0 Å². The van der Waals surface area contributed by atoms with E-state index in [0.29, 0.717) is 0 Å². The zero-order chi connectivity index (χ0) is 11.4. The number of nitrogens with one attached hydrogen (secondary N) is 1. The first-order valence-electron chi connectivity index (χ1n) is 5.63. The van der Waals surface area contributed by atoms with Crippen molar-refractivity contribution in [3.63, 3.8) is 0 Å². The molecule has 1 heterocycles. The van der Waals surface area contributed by atoms with E-state index in [2.05, 4.69) is 38.3 Å². The van der Waals surface area contributed by atoms with Crippen LogP contribution >= 0.6 is 27.5 Å². The molecule has 0 unspecified atom stereocenters. The predicted molar refractivity (Wildman–Crippen MR) is 71.9 cm³/mol. The molecule has 0 bridgehead atoms. The summed E-state index contributed by atoms with van der Waals surface area (Å²) in [5.74, 6) is 0. The standard InChI is InChI=1S/C12H16BrClN2/c13-11-3-2-10(12(14)8-11)9-16-6-1-4-15-5-7-16/h2-3,8,15H,1,4-7,9H2. The molecule has 2 rings (SSSR count). The van der Waals surface area contributed by atoms with Gasteiger partial charge in [-0.2, -0.15) is 0 Å². The lowest BCUT2D eigenvalue weighted by Crippen LogP contribution is -2.27. The summed E-state index contributed by atoms with van der Waals surface area (Å²) in [5.41, 5.74) is 1.21. The number of halogens is 2. The Morgan fingerprint density at radius 2 is 2.19 bits per heavy atom. The van der Waals surface area contributed by atoms with Gasteiger partial charge in [0.1, 0.15) is 0 Å². The van der Waals surface area contributed by atoms with Gasteiger partial charge in [-0.05, 0) is 37.2 Å². The normalized spacial score (nSPS) is 18.4. The first kappa shape index (κ1) is 12.4. The fourth-order valence-corrected chi connectivity index (χ4v) is 2.68. The lowest BCUT2D eigenvalue weighted by molar-refractivity contribution is 0.284. The van der Waals surface area contributed by atoms with E-state index in [-0.39, 0.29) is 0 Å². The molecule has 1 N–H and O–H groups in total. The third-order valence-electron chi connectivity index (χ3n) is 2.84. The number of hydrogen-bond donors (Lipinski definition) is 1. The molecule has 0 radical (unpaired) electrons. The first-order valence-corrected chi connectivity index (χ1v) is 6.80. The number of benzene rings is 1. The molecule has 0 spiro atoms. The Morgan fingerprint density at radius 3 is 3.00 bits per heavy atom. The van der Waals surface area contributed by atoms with Crippen molar-refractivity contribution in [1.82, 2.24) is 10.2 Å². The second-order valence-corrected chi connectivity index (χ2v) is 5.44. The summed E-state index contributed by atoms with van der Waals surface area (Å²) < 4.78 is 1.04. The summed E-state index contributed by atoms with van der Waals surface area (Å²) in [6, 6.07) is 6.12. The van der Waals surface area contributed by atoms with Crippen molar-refractivity contribution in [1.29, 1.82) is 0 Å². The Balaban J connectivity index is 2.01. The van der Waals surface area contributed by atoms with Gasteiger partial charge in [0.15, 0.2) is 0 Å². The molecule has 0 atom stereocenters. The Kier molecular flexibility index (Phi) is 4.65. The van der Waals surface area contributed by atoms with Crippen LogP contribution < -0.4 is 5.32 Å². The monoisotopic (exact) mass is 302 g/mol. The summed E-state index contributed by atoms with van der Waals surface area (Å²) in [6.07, 6.45) is 1.22. The van der Waals surface area contributed by atoms with E-state index in [1.165, 1.54) is 12.0 Å². The molecular formula is C12H16BrClN2. The maximum Gasteiger partial charge on any atom is 0.0462 e. The summed E-state index contributed by atoms with van der Waals surface area (Å²) in [5, 5.41) is 4.26. The first-order chi connectivity index (χ1) is 7.75. The van der Waals surface area contributed by atoms with Gasteiger partial charge in [0.25, 0.3) is 0 Å². The highest BCUT2D eigenvalue weighted by molar-refractivity contribution is 9.10. The quantitative estimate of drug-likeness (QED) is 0.904. The van der Waals surface area contributed by atoms with Gasteiger partial charge in [-0.1, -0.05) is 33.6 Å². The van der Waals surface area contributed by atoms with Gasteiger partial charge in [0.2, 0.25) is 0 Å². The molecule has 2 nitrogen and oxygen atoms in total. The summed E-state index contributed by atoms with van der Waals surface area (Å²) in [4.78, 5) is 2.45. The topological polar surface area (TPSA) is 15.3 Å². The number of hydrogen-bond acceptors (Lipinski definition) is 2. The zero-order valence-corrected chi connectivity index (χ0v) is 11.5. The molecule has 1 fully saturated rings. The summed E-state index contributed by atoms with van der Waals surface area (Å²) in [7, 11) is 0. The molecular weight excluding hydrogens is 288 g/mol. The minimum absolute atomic E-state index is 0.853. The SMILES string of the molecule is Clc1cc(Br)ccc1CN1CCCNCC1. The van der Waals surface area contributed by atoms with Crippen molar-refractivity contribution >= 4 is 27.5 Å². The van der Waals surface area contributed by atoms with Gasteiger partial charge in [-0.3, -0.25) is 4.90 Å². The Bertz CT molecular complexity index is 349. The molecule has 16 heavy (non-hydrogen) atoms. The van der Waals surface area contributed by atoms with Crippen molar-refractivity contribution in [3.8, 4) is 0 Å². The van der Waals surface area contributed by atoms with E-state index in [4.69, 9.17) is 11.6 Å². The maximum absolute atomic E-state index is 6.22. The van der Waals surface area contributed by atoms with Crippen LogP contribution in [0.2, 0.25) is 5.02 Å². The van der Waals surface area contributed by atoms with Crippen molar-refractivity contribution in [2.24, 2.45) is 0 Å².